The molecule has 2 aromatic heterocycles. The van der Waals surface area contributed by atoms with Gasteiger partial charge in [-0.25, -0.2) is 14.4 Å². The minimum Gasteiger partial charge on any atom is -0.382 e. The van der Waals surface area contributed by atoms with E-state index in [4.69, 9.17) is 5.73 Å². The van der Waals surface area contributed by atoms with E-state index in [1.54, 1.807) is 30.5 Å². The first-order valence-corrected chi connectivity index (χ1v) is 9.72. The fourth-order valence-electron chi connectivity index (χ4n) is 3.66. The van der Waals surface area contributed by atoms with E-state index in [0.29, 0.717) is 22.6 Å². The number of anilines is 2. The number of amides is 1. The maximum atomic E-state index is 15.0. The van der Waals surface area contributed by atoms with E-state index in [2.05, 4.69) is 15.3 Å². The van der Waals surface area contributed by atoms with Gasteiger partial charge in [0.25, 0.3) is 5.91 Å². The zero-order chi connectivity index (χ0) is 22.3. The Morgan fingerprint density at radius 2 is 1.97 bits per heavy atom. The Morgan fingerprint density at radius 1 is 1.19 bits per heavy atom. The van der Waals surface area contributed by atoms with Crippen LogP contribution in [0, 0.1) is 26.6 Å². The zero-order valence-electron chi connectivity index (χ0n) is 17.3. The first-order chi connectivity index (χ1) is 14.8. The SMILES string of the molecule is Cc1cccc([C@H](O)C(=O)Nc2ccc(-c3nc(C)n4c(C)cnc(N)c34)c(F)c2)c1. The van der Waals surface area contributed by atoms with Crippen molar-refractivity contribution in [2.75, 3.05) is 11.1 Å². The molecule has 158 valence electrons. The average molecular weight is 419 g/mol. The second-order valence-corrected chi connectivity index (χ2v) is 7.48. The summed E-state index contributed by atoms with van der Waals surface area (Å²) in [5.74, 6) is -0.317. The number of imidazole rings is 1. The Bertz CT molecular complexity index is 1320. The van der Waals surface area contributed by atoms with Crippen molar-refractivity contribution in [3.63, 3.8) is 0 Å². The molecule has 1 amide bonds. The van der Waals surface area contributed by atoms with Crippen LogP contribution in [-0.4, -0.2) is 25.4 Å². The molecule has 4 N–H and O–H groups in total. The lowest BCUT2D eigenvalue weighted by atomic mass is 10.1. The number of aliphatic hydroxyl groups is 1. The van der Waals surface area contributed by atoms with Crippen molar-refractivity contribution in [2.45, 2.75) is 26.9 Å². The molecule has 0 spiro atoms. The molecule has 4 rings (SSSR count). The monoisotopic (exact) mass is 419 g/mol. The number of halogens is 1. The van der Waals surface area contributed by atoms with Crippen LogP contribution in [0.3, 0.4) is 0 Å². The van der Waals surface area contributed by atoms with E-state index in [1.165, 1.54) is 12.1 Å². The number of nitrogens with two attached hydrogens (primary N) is 1. The molecule has 4 aromatic rings. The average Bonchev–Trinajstić information content (AvgIpc) is 3.08. The van der Waals surface area contributed by atoms with Crippen molar-refractivity contribution in [1.29, 1.82) is 0 Å². The van der Waals surface area contributed by atoms with Crippen LogP contribution in [0.4, 0.5) is 15.9 Å². The van der Waals surface area contributed by atoms with Crippen molar-refractivity contribution in [2.24, 2.45) is 0 Å². The summed E-state index contributed by atoms with van der Waals surface area (Å²) >= 11 is 0. The summed E-state index contributed by atoms with van der Waals surface area (Å²) in [7, 11) is 0. The van der Waals surface area contributed by atoms with Crippen LogP contribution in [0.5, 0.6) is 0 Å². The Labute approximate surface area is 178 Å². The van der Waals surface area contributed by atoms with Gasteiger partial charge in [-0.2, -0.15) is 0 Å². The van der Waals surface area contributed by atoms with Crippen molar-refractivity contribution >= 4 is 22.9 Å². The van der Waals surface area contributed by atoms with Gasteiger partial charge in [0.2, 0.25) is 0 Å². The molecule has 0 saturated heterocycles. The Hall–Kier alpha value is -3.78. The molecule has 2 heterocycles. The standard InChI is InChI=1S/C23H22FN5O2/c1-12-5-4-6-15(9-12)21(30)23(31)28-16-7-8-17(18(24)10-16)19-20-22(25)26-11-13(2)29(20)14(3)27-19/h4-11,21,30H,1-3H3,(H2,25,26)(H,28,31)/t21-/m0/s1. The quantitative estimate of drug-likeness (QED) is 0.468. The third-order valence-corrected chi connectivity index (χ3v) is 5.13. The van der Waals surface area contributed by atoms with E-state index in [0.717, 1.165) is 11.3 Å². The topological polar surface area (TPSA) is 106 Å². The number of nitrogens with one attached hydrogen (secondary N) is 1. The number of nitrogen functional groups attached to an aromatic ring is 1. The van der Waals surface area contributed by atoms with Crippen molar-refractivity contribution < 1.29 is 14.3 Å². The Balaban J connectivity index is 1.65. The fraction of sp³-hybridized carbons (Fsp3) is 0.174. The van der Waals surface area contributed by atoms with Crippen LogP contribution in [0.15, 0.2) is 48.7 Å². The number of rotatable bonds is 4. The van der Waals surface area contributed by atoms with Crippen LogP contribution in [0.25, 0.3) is 16.8 Å². The molecule has 0 saturated carbocycles. The smallest absolute Gasteiger partial charge is 0.257 e. The number of carbonyl (C=O) groups excluding carboxylic acids is 1. The molecule has 0 aliphatic rings. The number of carbonyl (C=O) groups is 1. The number of hydrogen-bond acceptors (Lipinski definition) is 5. The Morgan fingerprint density at radius 3 is 2.68 bits per heavy atom. The number of aromatic nitrogens is 3. The normalized spacial score (nSPS) is 12.2. The predicted molar refractivity (Wildman–Crippen MR) is 117 cm³/mol. The van der Waals surface area contributed by atoms with Gasteiger partial charge in [-0.1, -0.05) is 29.8 Å². The second kappa shape index (κ2) is 7.81. The summed E-state index contributed by atoms with van der Waals surface area (Å²) in [6.07, 6.45) is 0.270. The maximum absolute atomic E-state index is 15.0. The first-order valence-electron chi connectivity index (χ1n) is 9.72. The zero-order valence-corrected chi connectivity index (χ0v) is 17.3. The lowest BCUT2D eigenvalue weighted by Crippen LogP contribution is -2.21. The molecule has 0 unspecified atom stereocenters. The number of hydrogen-bond donors (Lipinski definition) is 3. The highest BCUT2D eigenvalue weighted by atomic mass is 19.1. The van der Waals surface area contributed by atoms with Gasteiger partial charge in [0.1, 0.15) is 28.7 Å². The van der Waals surface area contributed by atoms with Gasteiger partial charge in [-0.15, -0.1) is 0 Å². The number of nitrogens with zero attached hydrogens (tertiary/aromatic N) is 3. The van der Waals surface area contributed by atoms with Gasteiger partial charge >= 0.3 is 0 Å². The molecule has 0 aliphatic heterocycles. The predicted octanol–water partition coefficient (Wildman–Crippen LogP) is 3.71. The summed E-state index contributed by atoms with van der Waals surface area (Å²) in [5, 5.41) is 12.9. The van der Waals surface area contributed by atoms with Crippen molar-refractivity contribution in [1.82, 2.24) is 14.4 Å². The highest BCUT2D eigenvalue weighted by Crippen LogP contribution is 2.32. The summed E-state index contributed by atoms with van der Waals surface area (Å²) in [4.78, 5) is 21.1. The van der Waals surface area contributed by atoms with Crippen molar-refractivity contribution in [3.05, 3.63) is 77.1 Å². The third-order valence-electron chi connectivity index (χ3n) is 5.13. The number of fused-ring (bicyclic) bond motifs is 1. The van der Waals surface area contributed by atoms with Crippen LogP contribution in [0.1, 0.15) is 28.7 Å². The van der Waals surface area contributed by atoms with E-state index in [-0.39, 0.29) is 17.1 Å². The van der Waals surface area contributed by atoms with E-state index in [1.807, 2.05) is 31.2 Å². The fourth-order valence-corrected chi connectivity index (χ4v) is 3.66. The van der Waals surface area contributed by atoms with Gasteiger partial charge in [0.15, 0.2) is 6.10 Å². The van der Waals surface area contributed by atoms with E-state index >= 15 is 4.39 Å². The summed E-state index contributed by atoms with van der Waals surface area (Å²) in [6, 6.07) is 11.3. The van der Waals surface area contributed by atoms with Crippen LogP contribution < -0.4 is 11.1 Å². The summed E-state index contributed by atoms with van der Waals surface area (Å²) in [5.41, 5.74) is 9.63. The number of aryl methyl sites for hydroxylation is 3. The minimum atomic E-state index is -1.36. The van der Waals surface area contributed by atoms with E-state index in [9.17, 15) is 9.90 Å². The number of benzene rings is 2. The first kappa shape index (κ1) is 20.5. The van der Waals surface area contributed by atoms with Crippen molar-refractivity contribution in [3.8, 4) is 11.3 Å². The van der Waals surface area contributed by atoms with Gasteiger partial charge < -0.3 is 16.2 Å². The minimum absolute atomic E-state index is 0.223. The Kier molecular flexibility index (Phi) is 5.16. The van der Waals surface area contributed by atoms with Gasteiger partial charge in [0, 0.05) is 23.1 Å². The molecular weight excluding hydrogens is 397 g/mol. The lowest BCUT2D eigenvalue weighted by molar-refractivity contribution is -0.124. The molecule has 0 radical (unpaired) electrons. The molecule has 7 nitrogen and oxygen atoms in total. The molecule has 0 aliphatic carbocycles. The highest BCUT2D eigenvalue weighted by molar-refractivity contribution is 5.95. The molecule has 0 bridgehead atoms. The maximum Gasteiger partial charge on any atom is 0.257 e. The molecule has 1 atom stereocenters. The molecule has 8 heteroatoms. The molecular formula is C23H22FN5O2. The molecule has 2 aromatic carbocycles. The summed E-state index contributed by atoms with van der Waals surface area (Å²) in [6.45, 7) is 5.54. The van der Waals surface area contributed by atoms with Gasteiger partial charge in [-0.05, 0) is 44.5 Å². The highest BCUT2D eigenvalue weighted by Gasteiger charge is 2.21. The van der Waals surface area contributed by atoms with Gasteiger partial charge in [-0.3, -0.25) is 9.20 Å². The van der Waals surface area contributed by atoms with Crippen LogP contribution in [-0.2, 0) is 4.79 Å². The van der Waals surface area contributed by atoms with Crippen LogP contribution in [0.2, 0.25) is 0 Å². The summed E-state index contributed by atoms with van der Waals surface area (Å²) < 4.78 is 16.8. The second-order valence-electron chi connectivity index (χ2n) is 7.48. The largest absolute Gasteiger partial charge is 0.382 e. The van der Waals surface area contributed by atoms with E-state index < -0.39 is 17.8 Å². The number of aliphatic hydroxyl groups excluding tert-OH is 1. The molecule has 0 fully saturated rings. The van der Waals surface area contributed by atoms with Crippen LogP contribution >= 0.6 is 0 Å². The van der Waals surface area contributed by atoms with Gasteiger partial charge in [0.05, 0.1) is 0 Å². The molecule has 31 heavy (non-hydrogen) atoms. The third kappa shape index (κ3) is 3.73. The lowest BCUT2D eigenvalue weighted by Gasteiger charge is -2.13.